The van der Waals surface area contributed by atoms with Gasteiger partial charge in [0.2, 0.25) is 5.71 Å². The Hall–Kier alpha value is -1.57. The first-order chi connectivity index (χ1) is 4.22. The number of oxime groups is 1. The van der Waals surface area contributed by atoms with Crippen molar-refractivity contribution in [2.24, 2.45) is 10.9 Å². The Bertz CT molecular complexity index is 179. The van der Waals surface area contributed by atoms with E-state index in [0.29, 0.717) is 0 Å². The van der Waals surface area contributed by atoms with Crippen molar-refractivity contribution >= 4 is 11.6 Å². The molecule has 0 unspecified atom stereocenters. The molecule has 0 radical (unpaired) electrons. The number of carbonyl (C=O) groups excluding carboxylic acids is 1. The van der Waals surface area contributed by atoms with E-state index in [4.69, 9.17) is 5.26 Å². The summed E-state index contributed by atoms with van der Waals surface area (Å²) in [7, 11) is 1.22. The highest BCUT2D eigenvalue weighted by molar-refractivity contribution is 6.44. The minimum Gasteiger partial charge on any atom is -0.398 e. The molecule has 5 nitrogen and oxygen atoms in total. The molecule has 5 heteroatoms. The number of primary amides is 1. The van der Waals surface area contributed by atoms with E-state index in [2.05, 4.69) is 15.7 Å². The quantitative estimate of drug-likeness (QED) is 0.381. The lowest BCUT2D eigenvalue weighted by molar-refractivity contribution is -0.112. The van der Waals surface area contributed by atoms with Gasteiger partial charge in [-0.3, -0.25) is 4.79 Å². The van der Waals surface area contributed by atoms with Crippen molar-refractivity contribution in [1.29, 1.82) is 5.26 Å². The molecular formula is C4H5N3O2. The molecule has 0 aromatic carbocycles. The molecule has 0 aliphatic carbocycles. The summed E-state index contributed by atoms with van der Waals surface area (Å²) in [4.78, 5) is 14.2. The maximum Gasteiger partial charge on any atom is 0.281 e. The van der Waals surface area contributed by atoms with E-state index >= 15 is 0 Å². The normalized spacial score (nSPS) is 10.0. The summed E-state index contributed by atoms with van der Waals surface area (Å²) in [6.45, 7) is 0. The van der Waals surface area contributed by atoms with E-state index in [1.54, 1.807) is 0 Å². The summed E-state index contributed by atoms with van der Waals surface area (Å²) in [6.07, 6.45) is 0. The van der Waals surface area contributed by atoms with Crippen molar-refractivity contribution in [2.45, 2.75) is 0 Å². The standard InChI is InChI=1S/C4H5N3O2/c1-9-7-3(2-5)4(6)8/h1H3,(H2,6,8)/b7-3-. The minimum atomic E-state index is -0.889. The highest BCUT2D eigenvalue weighted by Gasteiger charge is 2.03. The number of rotatable bonds is 2. The van der Waals surface area contributed by atoms with Crippen molar-refractivity contribution in [3.05, 3.63) is 0 Å². The molecular weight excluding hydrogens is 122 g/mol. The number of amides is 1. The maximum absolute atomic E-state index is 10.1. The molecule has 0 atom stereocenters. The monoisotopic (exact) mass is 127 g/mol. The van der Waals surface area contributed by atoms with Crippen LogP contribution in [-0.4, -0.2) is 18.7 Å². The van der Waals surface area contributed by atoms with Gasteiger partial charge in [0, 0.05) is 0 Å². The van der Waals surface area contributed by atoms with Crippen LogP contribution in [0.3, 0.4) is 0 Å². The first-order valence-corrected chi connectivity index (χ1v) is 2.03. The lowest BCUT2D eigenvalue weighted by atomic mass is 10.4. The molecule has 0 aromatic heterocycles. The Labute approximate surface area is 51.7 Å². The minimum absolute atomic E-state index is 0.433. The molecule has 0 rings (SSSR count). The second-order valence-corrected chi connectivity index (χ2v) is 1.10. The molecule has 0 saturated heterocycles. The summed E-state index contributed by atoms with van der Waals surface area (Å²) in [6, 6.07) is 1.45. The highest BCUT2D eigenvalue weighted by Crippen LogP contribution is 1.74. The van der Waals surface area contributed by atoms with Crippen molar-refractivity contribution in [2.75, 3.05) is 7.11 Å². The van der Waals surface area contributed by atoms with Crippen molar-refractivity contribution in [3.63, 3.8) is 0 Å². The smallest absolute Gasteiger partial charge is 0.281 e. The van der Waals surface area contributed by atoms with E-state index in [9.17, 15) is 4.79 Å². The number of hydrogen-bond acceptors (Lipinski definition) is 4. The zero-order chi connectivity index (χ0) is 7.28. The topological polar surface area (TPSA) is 88.5 Å². The lowest BCUT2D eigenvalue weighted by Crippen LogP contribution is -2.21. The second-order valence-electron chi connectivity index (χ2n) is 1.10. The molecule has 9 heavy (non-hydrogen) atoms. The molecule has 0 bridgehead atoms. The van der Waals surface area contributed by atoms with E-state index in [1.807, 2.05) is 0 Å². The van der Waals surface area contributed by atoms with Gasteiger partial charge >= 0.3 is 0 Å². The zero-order valence-corrected chi connectivity index (χ0v) is 4.79. The summed E-state index contributed by atoms with van der Waals surface area (Å²) >= 11 is 0. The Balaban J connectivity index is 4.20. The molecule has 0 aliphatic rings. The van der Waals surface area contributed by atoms with Gasteiger partial charge in [0.05, 0.1) is 0 Å². The summed E-state index contributed by atoms with van der Waals surface area (Å²) in [5.74, 6) is -0.889. The van der Waals surface area contributed by atoms with Crippen molar-refractivity contribution in [3.8, 4) is 6.07 Å². The van der Waals surface area contributed by atoms with E-state index in [-0.39, 0.29) is 0 Å². The first-order valence-electron chi connectivity index (χ1n) is 2.03. The Morgan fingerprint density at radius 2 is 2.44 bits per heavy atom. The number of nitriles is 1. The molecule has 1 amide bonds. The van der Waals surface area contributed by atoms with Gasteiger partial charge in [-0.15, -0.1) is 0 Å². The third-order valence-corrected chi connectivity index (χ3v) is 0.522. The van der Waals surface area contributed by atoms with Crippen LogP contribution in [0.25, 0.3) is 0 Å². The maximum atomic E-state index is 10.1. The van der Waals surface area contributed by atoms with Gasteiger partial charge < -0.3 is 10.6 Å². The molecule has 0 aromatic rings. The number of hydrogen-bond donors (Lipinski definition) is 1. The Morgan fingerprint density at radius 1 is 1.89 bits per heavy atom. The molecule has 48 valence electrons. The Morgan fingerprint density at radius 3 is 2.56 bits per heavy atom. The van der Waals surface area contributed by atoms with Crippen molar-refractivity contribution in [1.82, 2.24) is 0 Å². The van der Waals surface area contributed by atoms with Crippen LogP contribution in [0.2, 0.25) is 0 Å². The van der Waals surface area contributed by atoms with Gasteiger partial charge in [-0.05, 0) is 0 Å². The fraction of sp³-hybridized carbons (Fsp3) is 0.250. The summed E-state index contributed by atoms with van der Waals surface area (Å²) in [5, 5.41) is 11.1. The largest absolute Gasteiger partial charge is 0.398 e. The fourth-order valence-corrected chi connectivity index (χ4v) is 0.212. The molecule has 2 N–H and O–H groups in total. The Kier molecular flexibility index (Phi) is 2.84. The van der Waals surface area contributed by atoms with Gasteiger partial charge in [-0.2, -0.15) is 5.26 Å². The average Bonchev–Trinajstić information content (AvgIpc) is 1.82. The van der Waals surface area contributed by atoms with Crippen LogP contribution >= 0.6 is 0 Å². The summed E-state index contributed by atoms with van der Waals surface area (Å²) in [5.41, 5.74) is 4.23. The molecule has 0 spiro atoms. The molecule has 0 heterocycles. The van der Waals surface area contributed by atoms with Crippen LogP contribution < -0.4 is 5.73 Å². The number of nitrogens with two attached hydrogens (primary N) is 1. The van der Waals surface area contributed by atoms with Crippen LogP contribution in [0.1, 0.15) is 0 Å². The third kappa shape index (κ3) is 2.29. The highest BCUT2D eigenvalue weighted by atomic mass is 16.6. The predicted molar refractivity (Wildman–Crippen MR) is 29.3 cm³/mol. The van der Waals surface area contributed by atoms with Gasteiger partial charge in [-0.25, -0.2) is 0 Å². The van der Waals surface area contributed by atoms with Crippen LogP contribution in [0.15, 0.2) is 5.16 Å². The van der Waals surface area contributed by atoms with Gasteiger partial charge in [0.1, 0.15) is 13.2 Å². The summed E-state index contributed by atoms with van der Waals surface area (Å²) < 4.78 is 0. The first kappa shape index (κ1) is 7.43. The van der Waals surface area contributed by atoms with Gasteiger partial charge in [-0.1, -0.05) is 5.16 Å². The van der Waals surface area contributed by atoms with Gasteiger partial charge in [0.15, 0.2) is 0 Å². The SMILES string of the molecule is CO/N=C(/C#N)C(N)=O. The third-order valence-electron chi connectivity index (χ3n) is 0.522. The lowest BCUT2D eigenvalue weighted by Gasteiger charge is -1.86. The van der Waals surface area contributed by atoms with E-state index in [0.717, 1.165) is 0 Å². The fourth-order valence-electron chi connectivity index (χ4n) is 0.212. The molecule has 0 saturated carbocycles. The molecule has 0 fully saturated rings. The number of carbonyl (C=O) groups is 1. The molecule has 0 aliphatic heterocycles. The van der Waals surface area contributed by atoms with E-state index < -0.39 is 11.6 Å². The number of nitrogens with zero attached hydrogens (tertiary/aromatic N) is 2. The van der Waals surface area contributed by atoms with E-state index in [1.165, 1.54) is 13.2 Å². The second kappa shape index (κ2) is 3.43. The van der Waals surface area contributed by atoms with Gasteiger partial charge in [0.25, 0.3) is 5.91 Å². The van der Waals surface area contributed by atoms with Crippen LogP contribution in [0, 0.1) is 11.3 Å². The van der Waals surface area contributed by atoms with Crippen LogP contribution in [-0.2, 0) is 9.63 Å². The van der Waals surface area contributed by atoms with Crippen LogP contribution in [0.4, 0.5) is 0 Å². The van der Waals surface area contributed by atoms with Crippen LogP contribution in [0.5, 0.6) is 0 Å². The van der Waals surface area contributed by atoms with Crippen molar-refractivity contribution < 1.29 is 9.63 Å². The zero-order valence-electron chi connectivity index (χ0n) is 4.79. The average molecular weight is 127 g/mol. The predicted octanol–water partition coefficient (Wildman–Crippen LogP) is -1.00.